The molecule has 0 bridgehead atoms. The number of hydrogen-bond acceptors (Lipinski definition) is 7. The molecule has 1 unspecified atom stereocenters. The average Bonchev–Trinajstić information content (AvgIpc) is 3.33. The van der Waals surface area contributed by atoms with E-state index in [0.717, 1.165) is 28.0 Å². The van der Waals surface area contributed by atoms with Gasteiger partial charge in [-0.05, 0) is 60.9 Å². The molecule has 1 atom stereocenters. The van der Waals surface area contributed by atoms with Crippen LogP contribution in [0, 0.1) is 0 Å². The molecule has 0 amide bonds. The maximum Gasteiger partial charge on any atom is 0.185 e. The summed E-state index contributed by atoms with van der Waals surface area (Å²) in [6.07, 6.45) is 7.31. The van der Waals surface area contributed by atoms with Crippen molar-refractivity contribution < 1.29 is 4.74 Å². The lowest BCUT2D eigenvalue weighted by Crippen LogP contribution is -2.37. The summed E-state index contributed by atoms with van der Waals surface area (Å²) in [5, 5.41) is 12.2. The number of hydrogen-bond donors (Lipinski definition) is 0. The van der Waals surface area contributed by atoms with E-state index in [-0.39, 0.29) is 0 Å². The number of anilines is 1. The molecule has 1 aliphatic heterocycles. The van der Waals surface area contributed by atoms with E-state index in [2.05, 4.69) is 32.3 Å². The smallest absolute Gasteiger partial charge is 0.185 e. The zero-order chi connectivity index (χ0) is 17.1. The van der Waals surface area contributed by atoms with Gasteiger partial charge in [0, 0.05) is 18.8 Å². The second-order valence-corrected chi connectivity index (χ2v) is 7.28. The van der Waals surface area contributed by atoms with Gasteiger partial charge in [-0.3, -0.25) is 0 Å². The molecular formula is C17H20N6OS. The zero-order valence-electron chi connectivity index (χ0n) is 14.1. The minimum absolute atomic E-state index is 0.532. The highest BCUT2D eigenvalue weighted by atomic mass is 32.1. The normalized spacial score (nSPS) is 17.6. The number of piperidine rings is 1. The van der Waals surface area contributed by atoms with E-state index in [1.807, 2.05) is 30.5 Å². The second-order valence-electron chi connectivity index (χ2n) is 6.18. The molecule has 3 aromatic rings. The van der Waals surface area contributed by atoms with Crippen molar-refractivity contribution in [3.8, 4) is 11.4 Å². The molecular weight excluding hydrogens is 336 g/mol. The van der Waals surface area contributed by atoms with Gasteiger partial charge in [-0.1, -0.05) is 11.3 Å². The minimum Gasteiger partial charge on any atom is -0.488 e. The number of rotatable bonds is 5. The summed E-state index contributed by atoms with van der Waals surface area (Å²) >= 11 is 1.72. The number of tetrazole rings is 1. The van der Waals surface area contributed by atoms with Gasteiger partial charge in [0.2, 0.25) is 0 Å². The lowest BCUT2D eigenvalue weighted by molar-refractivity contribution is 0.309. The molecule has 0 aliphatic carbocycles. The third kappa shape index (κ3) is 3.63. The Labute approximate surface area is 150 Å². The van der Waals surface area contributed by atoms with Gasteiger partial charge in [0.15, 0.2) is 5.13 Å². The third-order valence-corrected chi connectivity index (χ3v) is 5.43. The van der Waals surface area contributed by atoms with E-state index in [1.54, 1.807) is 22.3 Å². The molecule has 25 heavy (non-hydrogen) atoms. The number of ether oxygens (including phenoxy) is 1. The molecule has 0 radical (unpaired) electrons. The van der Waals surface area contributed by atoms with Crippen molar-refractivity contribution in [2.24, 2.45) is 0 Å². The Balaban J connectivity index is 1.37. The van der Waals surface area contributed by atoms with Crippen LogP contribution in [0.3, 0.4) is 0 Å². The van der Waals surface area contributed by atoms with Gasteiger partial charge in [-0.15, -0.1) is 5.10 Å². The highest BCUT2D eigenvalue weighted by Crippen LogP contribution is 2.29. The van der Waals surface area contributed by atoms with E-state index in [1.165, 1.54) is 19.3 Å². The Kier molecular flexibility index (Phi) is 4.60. The van der Waals surface area contributed by atoms with Gasteiger partial charge in [-0.25, -0.2) is 9.67 Å². The summed E-state index contributed by atoms with van der Waals surface area (Å²) in [6.45, 7) is 3.92. The molecule has 7 nitrogen and oxygen atoms in total. The standard InChI is InChI=1S/C17H20N6OS/c1-13-4-2-3-9-22(13)17-18-10-16(25-17)11-24-15-7-5-14(6-8-15)23-12-19-20-21-23/h5-8,10,12-13H,2-4,9,11H2,1H3. The molecule has 0 spiro atoms. The fourth-order valence-corrected chi connectivity index (χ4v) is 3.96. The summed E-state index contributed by atoms with van der Waals surface area (Å²) in [4.78, 5) is 8.14. The largest absolute Gasteiger partial charge is 0.488 e. The molecule has 1 aromatic carbocycles. The van der Waals surface area contributed by atoms with E-state index in [9.17, 15) is 0 Å². The highest BCUT2D eigenvalue weighted by molar-refractivity contribution is 7.15. The van der Waals surface area contributed by atoms with Gasteiger partial charge in [-0.2, -0.15) is 0 Å². The first kappa shape index (κ1) is 16.0. The van der Waals surface area contributed by atoms with Crippen molar-refractivity contribution in [1.29, 1.82) is 0 Å². The van der Waals surface area contributed by atoms with Gasteiger partial charge in [0.25, 0.3) is 0 Å². The molecule has 3 heterocycles. The molecule has 1 fully saturated rings. The van der Waals surface area contributed by atoms with Gasteiger partial charge >= 0.3 is 0 Å². The third-order valence-electron chi connectivity index (χ3n) is 4.42. The fourth-order valence-electron chi connectivity index (χ4n) is 3.01. The topological polar surface area (TPSA) is 69.0 Å². The van der Waals surface area contributed by atoms with Gasteiger partial charge in [0.1, 0.15) is 18.7 Å². The van der Waals surface area contributed by atoms with Crippen molar-refractivity contribution in [3.63, 3.8) is 0 Å². The quantitative estimate of drug-likeness (QED) is 0.700. The van der Waals surface area contributed by atoms with Gasteiger partial charge in [0.05, 0.1) is 10.6 Å². The van der Waals surface area contributed by atoms with Crippen LogP contribution in [0.1, 0.15) is 31.1 Å². The molecule has 1 aliphatic rings. The van der Waals surface area contributed by atoms with Crippen LogP contribution in [-0.2, 0) is 6.61 Å². The van der Waals surface area contributed by atoms with Crippen molar-refractivity contribution in [1.82, 2.24) is 25.2 Å². The molecule has 2 aromatic heterocycles. The van der Waals surface area contributed by atoms with Crippen molar-refractivity contribution in [2.75, 3.05) is 11.4 Å². The zero-order valence-corrected chi connectivity index (χ0v) is 14.9. The number of aromatic nitrogens is 5. The number of thiazole rings is 1. The lowest BCUT2D eigenvalue weighted by Gasteiger charge is -2.33. The highest BCUT2D eigenvalue weighted by Gasteiger charge is 2.21. The first-order valence-electron chi connectivity index (χ1n) is 8.47. The molecule has 0 N–H and O–H groups in total. The van der Waals surface area contributed by atoms with Crippen LogP contribution in [-0.4, -0.2) is 37.8 Å². The second kappa shape index (κ2) is 7.18. The van der Waals surface area contributed by atoms with Crippen LogP contribution in [0.25, 0.3) is 5.69 Å². The Hall–Kier alpha value is -2.48. The van der Waals surface area contributed by atoms with Crippen molar-refractivity contribution in [2.45, 2.75) is 38.8 Å². The van der Waals surface area contributed by atoms with E-state index < -0.39 is 0 Å². The molecule has 130 valence electrons. The Morgan fingerprint density at radius 1 is 1.24 bits per heavy atom. The van der Waals surface area contributed by atoms with E-state index in [0.29, 0.717) is 12.6 Å². The van der Waals surface area contributed by atoms with Crippen LogP contribution in [0.5, 0.6) is 5.75 Å². The molecule has 4 rings (SSSR count). The number of nitrogens with zero attached hydrogens (tertiary/aromatic N) is 6. The summed E-state index contributed by atoms with van der Waals surface area (Å²) in [5.41, 5.74) is 0.900. The van der Waals surface area contributed by atoms with Crippen LogP contribution in [0.15, 0.2) is 36.8 Å². The van der Waals surface area contributed by atoms with Crippen LogP contribution < -0.4 is 9.64 Å². The maximum atomic E-state index is 5.88. The van der Waals surface area contributed by atoms with Gasteiger partial charge < -0.3 is 9.64 Å². The summed E-state index contributed by atoms with van der Waals surface area (Å²) in [5.74, 6) is 0.818. The van der Waals surface area contributed by atoms with Crippen LogP contribution >= 0.6 is 11.3 Å². The predicted molar refractivity (Wildman–Crippen MR) is 96.3 cm³/mol. The fraction of sp³-hybridized carbons (Fsp3) is 0.412. The molecule has 8 heteroatoms. The SMILES string of the molecule is CC1CCCCN1c1ncc(COc2ccc(-n3cnnn3)cc2)s1. The molecule has 1 saturated heterocycles. The average molecular weight is 356 g/mol. The van der Waals surface area contributed by atoms with Crippen molar-refractivity contribution >= 4 is 16.5 Å². The summed E-state index contributed by atoms with van der Waals surface area (Å²) in [7, 11) is 0. The summed E-state index contributed by atoms with van der Waals surface area (Å²) < 4.78 is 7.49. The number of benzene rings is 1. The van der Waals surface area contributed by atoms with E-state index >= 15 is 0 Å². The van der Waals surface area contributed by atoms with E-state index in [4.69, 9.17) is 4.74 Å². The van der Waals surface area contributed by atoms with Crippen LogP contribution in [0.4, 0.5) is 5.13 Å². The van der Waals surface area contributed by atoms with Crippen molar-refractivity contribution in [3.05, 3.63) is 41.7 Å². The first-order valence-corrected chi connectivity index (χ1v) is 9.29. The maximum absolute atomic E-state index is 5.88. The molecule has 0 saturated carbocycles. The first-order chi connectivity index (χ1) is 12.3. The minimum atomic E-state index is 0.532. The Morgan fingerprint density at radius 3 is 2.88 bits per heavy atom. The van der Waals surface area contributed by atoms with Crippen LogP contribution in [0.2, 0.25) is 0 Å². The lowest BCUT2D eigenvalue weighted by atomic mass is 10.1. The summed E-state index contributed by atoms with van der Waals surface area (Å²) in [6, 6.07) is 8.28. The Bertz CT molecular complexity index is 801. The monoisotopic (exact) mass is 356 g/mol. The predicted octanol–water partition coefficient (Wildman–Crippen LogP) is 3.08. The Morgan fingerprint density at radius 2 is 2.12 bits per heavy atom.